The van der Waals surface area contributed by atoms with Crippen LogP contribution in [0.5, 0.6) is 0 Å². The first-order valence-electron chi connectivity index (χ1n) is 7.93. The Morgan fingerprint density at radius 3 is 2.91 bits per heavy atom. The number of hydrogen-bond acceptors (Lipinski definition) is 4. The van der Waals surface area contributed by atoms with Gasteiger partial charge in [0, 0.05) is 31.0 Å². The lowest BCUT2D eigenvalue weighted by molar-refractivity contribution is 0.0690. The van der Waals surface area contributed by atoms with Crippen LogP contribution in [0.4, 0.5) is 5.69 Å². The standard InChI is InChI=1S/C18H21N3O2/c22-18(23)17-11-15(8-9-19-17)20-16-7-4-10-21(13-16)12-14-5-2-1-3-6-14/h1-3,5-6,8-9,11,16H,4,7,10,12-13H2,(H,19,20)(H,22,23). The third kappa shape index (κ3) is 4.29. The number of anilines is 1. The zero-order chi connectivity index (χ0) is 16.1. The van der Waals surface area contributed by atoms with E-state index in [0.29, 0.717) is 6.04 Å². The van der Waals surface area contributed by atoms with Gasteiger partial charge < -0.3 is 10.4 Å². The maximum absolute atomic E-state index is 11.0. The van der Waals surface area contributed by atoms with Crippen molar-refractivity contribution in [2.24, 2.45) is 0 Å². The molecule has 0 spiro atoms. The molecule has 3 rings (SSSR count). The van der Waals surface area contributed by atoms with Crippen molar-refractivity contribution in [1.82, 2.24) is 9.88 Å². The van der Waals surface area contributed by atoms with Crippen molar-refractivity contribution < 1.29 is 9.90 Å². The Hall–Kier alpha value is -2.40. The summed E-state index contributed by atoms with van der Waals surface area (Å²) in [6.07, 6.45) is 3.77. The number of likely N-dealkylation sites (tertiary alicyclic amines) is 1. The molecule has 120 valence electrons. The van der Waals surface area contributed by atoms with Gasteiger partial charge in [0.05, 0.1) is 0 Å². The number of nitrogens with zero attached hydrogens (tertiary/aromatic N) is 2. The molecule has 0 aliphatic carbocycles. The highest BCUT2D eigenvalue weighted by atomic mass is 16.4. The molecule has 2 aromatic rings. The normalized spacial score (nSPS) is 18.5. The lowest BCUT2D eigenvalue weighted by atomic mass is 10.0. The van der Waals surface area contributed by atoms with E-state index in [0.717, 1.165) is 38.2 Å². The van der Waals surface area contributed by atoms with E-state index in [1.54, 1.807) is 6.07 Å². The highest BCUT2D eigenvalue weighted by Gasteiger charge is 2.20. The Labute approximate surface area is 136 Å². The molecule has 5 nitrogen and oxygen atoms in total. The SMILES string of the molecule is O=C(O)c1cc(NC2CCCN(Cc3ccccc3)C2)ccn1. The van der Waals surface area contributed by atoms with Crippen LogP contribution in [0.25, 0.3) is 0 Å². The van der Waals surface area contributed by atoms with Gasteiger partial charge in [-0.2, -0.15) is 0 Å². The zero-order valence-electron chi connectivity index (χ0n) is 13.0. The fourth-order valence-electron chi connectivity index (χ4n) is 3.03. The average molecular weight is 311 g/mol. The monoisotopic (exact) mass is 311 g/mol. The van der Waals surface area contributed by atoms with Gasteiger partial charge in [0.1, 0.15) is 5.69 Å². The van der Waals surface area contributed by atoms with Gasteiger partial charge in [0.15, 0.2) is 0 Å². The summed E-state index contributed by atoms with van der Waals surface area (Å²) in [4.78, 5) is 17.3. The smallest absolute Gasteiger partial charge is 0.354 e. The Morgan fingerprint density at radius 2 is 2.13 bits per heavy atom. The predicted molar refractivity (Wildman–Crippen MR) is 89.6 cm³/mol. The van der Waals surface area contributed by atoms with Crippen molar-refractivity contribution in [2.75, 3.05) is 18.4 Å². The van der Waals surface area contributed by atoms with Crippen LogP contribution in [0.3, 0.4) is 0 Å². The minimum atomic E-state index is -0.997. The van der Waals surface area contributed by atoms with Crippen molar-refractivity contribution in [1.29, 1.82) is 0 Å². The molecule has 2 N–H and O–H groups in total. The van der Waals surface area contributed by atoms with Crippen molar-refractivity contribution in [3.05, 3.63) is 59.9 Å². The molecule has 1 saturated heterocycles. The zero-order valence-corrected chi connectivity index (χ0v) is 13.0. The van der Waals surface area contributed by atoms with Gasteiger partial charge in [-0.3, -0.25) is 4.90 Å². The molecule has 1 aliphatic heterocycles. The van der Waals surface area contributed by atoms with E-state index in [4.69, 9.17) is 5.11 Å². The summed E-state index contributed by atoms with van der Waals surface area (Å²) in [6, 6.07) is 14.2. The lowest BCUT2D eigenvalue weighted by Crippen LogP contribution is -2.41. The number of pyridine rings is 1. The maximum Gasteiger partial charge on any atom is 0.354 e. The van der Waals surface area contributed by atoms with Crippen LogP contribution in [0.15, 0.2) is 48.7 Å². The molecule has 0 radical (unpaired) electrons. The van der Waals surface area contributed by atoms with E-state index in [2.05, 4.69) is 39.5 Å². The van der Waals surface area contributed by atoms with Gasteiger partial charge in [-0.25, -0.2) is 9.78 Å². The van der Waals surface area contributed by atoms with E-state index in [1.807, 2.05) is 12.1 Å². The average Bonchev–Trinajstić information content (AvgIpc) is 2.56. The number of rotatable bonds is 5. The molecular weight excluding hydrogens is 290 g/mol. The van der Waals surface area contributed by atoms with Crippen molar-refractivity contribution >= 4 is 11.7 Å². The fourth-order valence-corrected chi connectivity index (χ4v) is 3.03. The molecule has 1 aromatic carbocycles. The van der Waals surface area contributed by atoms with E-state index in [9.17, 15) is 4.79 Å². The third-order valence-electron chi connectivity index (χ3n) is 4.10. The van der Waals surface area contributed by atoms with Gasteiger partial charge >= 0.3 is 5.97 Å². The Morgan fingerprint density at radius 1 is 1.30 bits per heavy atom. The minimum Gasteiger partial charge on any atom is -0.477 e. The van der Waals surface area contributed by atoms with Gasteiger partial charge in [-0.1, -0.05) is 30.3 Å². The summed E-state index contributed by atoms with van der Waals surface area (Å²) in [5, 5.41) is 12.5. The molecule has 0 amide bonds. The van der Waals surface area contributed by atoms with E-state index < -0.39 is 5.97 Å². The van der Waals surface area contributed by atoms with Crippen LogP contribution < -0.4 is 5.32 Å². The Kier molecular flexibility index (Phi) is 4.88. The number of benzene rings is 1. The highest BCUT2D eigenvalue weighted by Crippen LogP contribution is 2.18. The molecule has 1 atom stereocenters. The van der Waals surface area contributed by atoms with Gasteiger partial charge in [-0.05, 0) is 37.1 Å². The maximum atomic E-state index is 11.0. The number of hydrogen-bond donors (Lipinski definition) is 2. The van der Waals surface area contributed by atoms with Crippen LogP contribution in [-0.2, 0) is 6.54 Å². The second kappa shape index (κ2) is 7.24. The summed E-state index contributed by atoms with van der Waals surface area (Å²) in [7, 11) is 0. The second-order valence-electron chi connectivity index (χ2n) is 5.94. The summed E-state index contributed by atoms with van der Waals surface area (Å²) < 4.78 is 0. The number of carboxylic acids is 1. The van der Waals surface area contributed by atoms with Crippen molar-refractivity contribution in [2.45, 2.75) is 25.4 Å². The third-order valence-corrected chi connectivity index (χ3v) is 4.10. The van der Waals surface area contributed by atoms with Crippen LogP contribution in [0.2, 0.25) is 0 Å². The van der Waals surface area contributed by atoms with Crippen LogP contribution in [0.1, 0.15) is 28.9 Å². The fraction of sp³-hybridized carbons (Fsp3) is 0.333. The van der Waals surface area contributed by atoms with Crippen LogP contribution >= 0.6 is 0 Å². The van der Waals surface area contributed by atoms with Crippen molar-refractivity contribution in [3.63, 3.8) is 0 Å². The van der Waals surface area contributed by atoms with E-state index in [-0.39, 0.29) is 5.69 Å². The van der Waals surface area contributed by atoms with Gasteiger partial charge in [-0.15, -0.1) is 0 Å². The number of carboxylic acid groups (broad SMARTS) is 1. The first kappa shape index (κ1) is 15.5. The molecule has 2 heterocycles. The number of nitrogens with one attached hydrogen (secondary N) is 1. The number of piperidine rings is 1. The van der Waals surface area contributed by atoms with E-state index >= 15 is 0 Å². The first-order valence-corrected chi connectivity index (χ1v) is 7.93. The topological polar surface area (TPSA) is 65.5 Å². The minimum absolute atomic E-state index is 0.0759. The summed E-state index contributed by atoms with van der Waals surface area (Å²) in [6.45, 7) is 3.01. The quantitative estimate of drug-likeness (QED) is 0.889. The van der Waals surface area contributed by atoms with E-state index in [1.165, 1.54) is 11.8 Å². The molecule has 1 aliphatic rings. The van der Waals surface area contributed by atoms with Crippen molar-refractivity contribution in [3.8, 4) is 0 Å². The molecule has 23 heavy (non-hydrogen) atoms. The summed E-state index contributed by atoms with van der Waals surface area (Å²) in [5.41, 5.74) is 2.22. The molecule has 0 saturated carbocycles. The molecule has 0 bridgehead atoms. The largest absolute Gasteiger partial charge is 0.477 e. The highest BCUT2D eigenvalue weighted by molar-refractivity contribution is 5.86. The summed E-state index contributed by atoms with van der Waals surface area (Å²) >= 11 is 0. The van der Waals surface area contributed by atoms with Crippen LogP contribution in [0, 0.1) is 0 Å². The molecule has 1 aromatic heterocycles. The Bertz CT molecular complexity index is 660. The summed E-state index contributed by atoms with van der Waals surface area (Å²) in [5.74, 6) is -0.997. The second-order valence-corrected chi connectivity index (χ2v) is 5.94. The molecule has 5 heteroatoms. The lowest BCUT2D eigenvalue weighted by Gasteiger charge is -2.33. The molecular formula is C18H21N3O2. The van der Waals surface area contributed by atoms with Gasteiger partial charge in [0.25, 0.3) is 0 Å². The number of aromatic nitrogens is 1. The molecule has 1 unspecified atom stereocenters. The number of aromatic carboxylic acids is 1. The van der Waals surface area contributed by atoms with Crippen LogP contribution in [-0.4, -0.2) is 40.1 Å². The first-order chi connectivity index (χ1) is 11.2. The predicted octanol–water partition coefficient (Wildman–Crippen LogP) is 2.86. The number of carbonyl (C=O) groups is 1. The molecule has 1 fully saturated rings. The Balaban J connectivity index is 1.60. The van der Waals surface area contributed by atoms with Gasteiger partial charge in [0.2, 0.25) is 0 Å².